The highest BCUT2D eigenvalue weighted by atomic mass is 35.5. The van der Waals surface area contributed by atoms with Gasteiger partial charge in [0.25, 0.3) is 0 Å². The van der Waals surface area contributed by atoms with Crippen LogP contribution in [0.25, 0.3) is 11.0 Å². The van der Waals surface area contributed by atoms with Crippen molar-refractivity contribution in [3.63, 3.8) is 0 Å². The lowest BCUT2D eigenvalue weighted by Crippen LogP contribution is -2.31. The number of ether oxygens (including phenoxy) is 3. The minimum Gasteiger partial charge on any atom is -0.478 e. The van der Waals surface area contributed by atoms with Crippen molar-refractivity contribution in [2.75, 3.05) is 13.3 Å². The van der Waals surface area contributed by atoms with E-state index in [2.05, 4.69) is 0 Å². The number of carbonyl (C=O) groups excluding carboxylic acids is 1. The molecule has 0 fully saturated rings. The predicted octanol–water partition coefficient (Wildman–Crippen LogP) is 6.42. The molecule has 7 nitrogen and oxygen atoms in total. The molecule has 0 amide bonds. The summed E-state index contributed by atoms with van der Waals surface area (Å²) in [5.74, 6) is 0.663. The minimum absolute atomic E-state index is 0.0351. The van der Waals surface area contributed by atoms with Crippen molar-refractivity contribution in [1.29, 1.82) is 0 Å². The molecule has 3 aromatic carbocycles. The Kier molecular flexibility index (Phi) is 6.87. The van der Waals surface area contributed by atoms with E-state index in [0.717, 1.165) is 11.1 Å². The molecule has 1 aliphatic heterocycles. The fourth-order valence-corrected chi connectivity index (χ4v) is 4.47. The quantitative estimate of drug-likeness (QED) is 0.268. The van der Waals surface area contributed by atoms with Gasteiger partial charge < -0.3 is 18.6 Å². The molecular formula is C27H21Cl2NO6. The molecule has 2 heterocycles. The van der Waals surface area contributed by atoms with E-state index in [1.165, 1.54) is 6.26 Å². The van der Waals surface area contributed by atoms with E-state index in [1.807, 2.05) is 11.0 Å². The Hall–Kier alpha value is -3.52. The van der Waals surface area contributed by atoms with Gasteiger partial charge in [-0.15, -0.1) is 0 Å². The van der Waals surface area contributed by atoms with Crippen LogP contribution in [0.3, 0.4) is 0 Å². The van der Waals surface area contributed by atoms with Gasteiger partial charge in [-0.1, -0.05) is 29.3 Å². The zero-order chi connectivity index (χ0) is 25.2. The molecule has 0 radical (unpaired) electrons. The van der Waals surface area contributed by atoms with Gasteiger partial charge in [0.2, 0.25) is 11.2 Å². The second kappa shape index (κ2) is 10.2. The number of esters is 1. The highest BCUT2D eigenvalue weighted by Crippen LogP contribution is 2.34. The van der Waals surface area contributed by atoms with E-state index in [1.54, 1.807) is 55.5 Å². The van der Waals surface area contributed by atoms with Gasteiger partial charge in [0.15, 0.2) is 0 Å². The summed E-state index contributed by atoms with van der Waals surface area (Å²) < 4.78 is 22.5. The van der Waals surface area contributed by atoms with Crippen LogP contribution in [0.1, 0.15) is 28.4 Å². The predicted molar refractivity (Wildman–Crippen MR) is 136 cm³/mol. The molecule has 0 unspecified atom stereocenters. The summed E-state index contributed by atoms with van der Waals surface area (Å²) in [5.41, 5.74) is 2.21. The number of hydrogen-bond acceptors (Lipinski definition) is 7. The minimum atomic E-state index is -0.423. The second-order valence-corrected chi connectivity index (χ2v) is 9.03. The van der Waals surface area contributed by atoms with Gasteiger partial charge >= 0.3 is 5.97 Å². The molecule has 0 aliphatic carbocycles. The van der Waals surface area contributed by atoms with E-state index in [4.69, 9.17) is 41.8 Å². The number of nitrogens with zero attached hydrogens (tertiary/aromatic N) is 1. The first-order valence-corrected chi connectivity index (χ1v) is 12.0. The Labute approximate surface area is 216 Å². The fourth-order valence-electron chi connectivity index (χ4n) is 4.00. The van der Waals surface area contributed by atoms with Gasteiger partial charge in [-0.25, -0.2) is 4.79 Å². The highest BCUT2D eigenvalue weighted by Gasteiger charge is 2.23. The lowest BCUT2D eigenvalue weighted by atomic mass is 10.1. The molecule has 0 N–H and O–H groups in total. The first-order chi connectivity index (χ1) is 17.4. The molecule has 4 aromatic rings. The molecule has 0 bridgehead atoms. The van der Waals surface area contributed by atoms with Crippen LogP contribution in [0, 0.1) is 0 Å². The highest BCUT2D eigenvalue weighted by molar-refractivity contribution is 6.35. The monoisotopic (exact) mass is 525 g/mol. The number of fused-ring (bicyclic) bond motifs is 3. The normalized spacial score (nSPS) is 13.2. The van der Waals surface area contributed by atoms with Crippen LogP contribution >= 0.6 is 23.2 Å². The Morgan fingerprint density at radius 2 is 1.89 bits per heavy atom. The molecule has 1 aliphatic rings. The largest absolute Gasteiger partial charge is 0.478 e. The third kappa shape index (κ3) is 4.91. The van der Waals surface area contributed by atoms with E-state index in [0.29, 0.717) is 57.9 Å². The molecular weight excluding hydrogens is 505 g/mol. The van der Waals surface area contributed by atoms with Crippen molar-refractivity contribution in [3.8, 4) is 17.2 Å². The van der Waals surface area contributed by atoms with Gasteiger partial charge in [0.05, 0.1) is 23.1 Å². The van der Waals surface area contributed by atoms with Crippen molar-refractivity contribution in [2.45, 2.75) is 20.0 Å². The molecule has 5 rings (SSSR count). The van der Waals surface area contributed by atoms with Crippen LogP contribution < -0.4 is 14.9 Å². The van der Waals surface area contributed by atoms with Crippen LogP contribution in [0.4, 0.5) is 0 Å². The summed E-state index contributed by atoms with van der Waals surface area (Å²) in [6.07, 6.45) is 1.29. The number of hydrogen-bond donors (Lipinski definition) is 0. The molecule has 0 saturated heterocycles. The number of carbonyl (C=O) groups is 1. The lowest BCUT2D eigenvalue weighted by molar-refractivity contribution is 0.0526. The topological polar surface area (TPSA) is 78.2 Å². The first-order valence-electron chi connectivity index (χ1n) is 11.2. The fraction of sp³-hybridized carbons (Fsp3) is 0.185. The molecule has 9 heteroatoms. The van der Waals surface area contributed by atoms with Crippen molar-refractivity contribution >= 4 is 40.1 Å². The van der Waals surface area contributed by atoms with Crippen molar-refractivity contribution < 1.29 is 23.4 Å². The van der Waals surface area contributed by atoms with Gasteiger partial charge in [-0.2, -0.15) is 0 Å². The average Bonchev–Trinajstić information content (AvgIpc) is 2.88. The Balaban J connectivity index is 1.39. The van der Waals surface area contributed by atoms with Crippen molar-refractivity contribution in [3.05, 3.63) is 97.8 Å². The molecule has 184 valence electrons. The summed E-state index contributed by atoms with van der Waals surface area (Å²) in [6.45, 7) is 3.44. The van der Waals surface area contributed by atoms with Gasteiger partial charge in [-0.3, -0.25) is 9.69 Å². The van der Waals surface area contributed by atoms with Crippen molar-refractivity contribution in [2.24, 2.45) is 0 Å². The van der Waals surface area contributed by atoms with Crippen LogP contribution in [-0.2, 0) is 17.8 Å². The average molecular weight is 526 g/mol. The molecule has 1 aromatic heterocycles. The van der Waals surface area contributed by atoms with Crippen LogP contribution in [-0.4, -0.2) is 24.2 Å². The smallest absolute Gasteiger partial charge is 0.338 e. The van der Waals surface area contributed by atoms with Gasteiger partial charge in [0, 0.05) is 23.1 Å². The van der Waals surface area contributed by atoms with Gasteiger partial charge in [0.1, 0.15) is 30.1 Å². The summed E-state index contributed by atoms with van der Waals surface area (Å²) in [6, 6.07) is 15.1. The SMILES string of the molecule is CCOC(=O)c1ccc(Oc2coc3c4c(ccc3c2=O)OCN(Cc2ccc(Cl)cc2Cl)C4)cc1. The first kappa shape index (κ1) is 24.2. The van der Waals surface area contributed by atoms with Gasteiger partial charge in [-0.05, 0) is 61.0 Å². The third-order valence-corrected chi connectivity index (χ3v) is 6.34. The molecule has 0 saturated carbocycles. The Morgan fingerprint density at radius 1 is 1.08 bits per heavy atom. The van der Waals surface area contributed by atoms with Crippen LogP contribution in [0.2, 0.25) is 10.0 Å². The lowest BCUT2D eigenvalue weighted by Gasteiger charge is -2.29. The van der Waals surface area contributed by atoms with E-state index in [-0.39, 0.29) is 17.8 Å². The Bertz CT molecular complexity index is 1500. The van der Waals surface area contributed by atoms with Crippen molar-refractivity contribution in [1.82, 2.24) is 4.90 Å². The molecule has 0 atom stereocenters. The number of benzene rings is 3. The van der Waals surface area contributed by atoms with E-state index in [9.17, 15) is 9.59 Å². The molecule has 36 heavy (non-hydrogen) atoms. The zero-order valence-corrected chi connectivity index (χ0v) is 20.8. The van der Waals surface area contributed by atoms with Crippen LogP contribution in [0.5, 0.6) is 17.2 Å². The van der Waals surface area contributed by atoms with E-state index < -0.39 is 5.97 Å². The third-order valence-electron chi connectivity index (χ3n) is 5.76. The number of rotatable bonds is 6. The standard InChI is InChI=1S/C27H21Cl2NO6/c1-2-33-27(32)16-4-7-19(8-5-16)36-24-14-34-26-20(25(24)31)9-10-23-21(26)13-30(15-35-23)12-17-3-6-18(28)11-22(17)29/h3-11,14H,2,12-13,15H2,1H3. The van der Waals surface area contributed by atoms with Crippen LogP contribution in [0.15, 0.2) is 70.1 Å². The number of halogens is 2. The zero-order valence-electron chi connectivity index (χ0n) is 19.3. The summed E-state index contributed by atoms with van der Waals surface area (Å²) in [7, 11) is 0. The summed E-state index contributed by atoms with van der Waals surface area (Å²) in [4.78, 5) is 27.1. The summed E-state index contributed by atoms with van der Waals surface area (Å²) in [5, 5.41) is 1.53. The second-order valence-electron chi connectivity index (χ2n) is 8.19. The Morgan fingerprint density at radius 3 is 2.64 bits per heavy atom. The maximum Gasteiger partial charge on any atom is 0.338 e. The maximum atomic E-state index is 13.2. The maximum absolute atomic E-state index is 13.2. The van der Waals surface area contributed by atoms with E-state index >= 15 is 0 Å². The molecule has 0 spiro atoms. The summed E-state index contributed by atoms with van der Waals surface area (Å²) >= 11 is 12.3.